The fourth-order valence-corrected chi connectivity index (χ4v) is 2.67. The van der Waals surface area contributed by atoms with Crippen molar-refractivity contribution < 1.29 is 14.3 Å². The Morgan fingerprint density at radius 3 is 2.61 bits per heavy atom. The van der Waals surface area contributed by atoms with Gasteiger partial charge in [0.15, 0.2) is 11.5 Å². The predicted octanol–water partition coefficient (Wildman–Crippen LogP) is 3.55. The lowest BCUT2D eigenvalue weighted by atomic mass is 10.1. The molecule has 1 amide bonds. The SMILES string of the molecule is O=C(\C=C/C=C\C=C/c1ccc2c(c1)OCO2)N1CCCCC1. The van der Waals surface area contributed by atoms with Crippen LogP contribution in [0.1, 0.15) is 24.8 Å². The lowest BCUT2D eigenvalue weighted by Crippen LogP contribution is -2.34. The van der Waals surface area contributed by atoms with E-state index in [1.54, 1.807) is 12.2 Å². The molecule has 0 unspecified atom stereocenters. The third kappa shape index (κ3) is 4.25. The van der Waals surface area contributed by atoms with Gasteiger partial charge in [0.2, 0.25) is 12.7 Å². The Balaban J connectivity index is 1.48. The number of fused-ring (bicyclic) bond motifs is 1. The molecular formula is C19H21NO3. The van der Waals surface area contributed by atoms with E-state index in [0.717, 1.165) is 43.0 Å². The molecule has 1 aromatic carbocycles. The van der Waals surface area contributed by atoms with Gasteiger partial charge in [-0.3, -0.25) is 4.79 Å². The van der Waals surface area contributed by atoms with E-state index >= 15 is 0 Å². The number of nitrogens with zero attached hydrogens (tertiary/aromatic N) is 1. The Morgan fingerprint density at radius 1 is 0.957 bits per heavy atom. The van der Waals surface area contributed by atoms with Gasteiger partial charge in [-0.2, -0.15) is 0 Å². The van der Waals surface area contributed by atoms with Crippen LogP contribution in [0.5, 0.6) is 11.5 Å². The molecule has 0 aromatic heterocycles. The highest BCUT2D eigenvalue weighted by molar-refractivity contribution is 5.87. The van der Waals surface area contributed by atoms with Crippen LogP contribution in [0.2, 0.25) is 0 Å². The number of amides is 1. The molecule has 4 heteroatoms. The molecule has 1 saturated heterocycles. The van der Waals surface area contributed by atoms with Crippen molar-refractivity contribution in [2.45, 2.75) is 19.3 Å². The second-order valence-corrected chi connectivity index (χ2v) is 5.60. The van der Waals surface area contributed by atoms with Crippen LogP contribution in [-0.4, -0.2) is 30.7 Å². The Morgan fingerprint density at radius 2 is 1.74 bits per heavy atom. The Kier molecular flexibility index (Phi) is 5.14. The summed E-state index contributed by atoms with van der Waals surface area (Å²) in [6.07, 6.45) is 14.6. The first-order valence-corrected chi connectivity index (χ1v) is 8.03. The maximum atomic E-state index is 11.9. The summed E-state index contributed by atoms with van der Waals surface area (Å²) in [6.45, 7) is 2.06. The quantitative estimate of drug-likeness (QED) is 0.630. The number of hydrogen-bond donors (Lipinski definition) is 0. The molecule has 4 nitrogen and oxygen atoms in total. The fourth-order valence-electron chi connectivity index (χ4n) is 2.67. The van der Waals surface area contributed by atoms with E-state index in [0.29, 0.717) is 0 Å². The maximum absolute atomic E-state index is 11.9. The second-order valence-electron chi connectivity index (χ2n) is 5.60. The molecule has 120 valence electrons. The van der Waals surface area contributed by atoms with Gasteiger partial charge in [-0.1, -0.05) is 36.4 Å². The molecule has 0 saturated carbocycles. The van der Waals surface area contributed by atoms with Crippen molar-refractivity contribution in [3.63, 3.8) is 0 Å². The number of allylic oxidation sites excluding steroid dienone is 4. The molecule has 0 atom stereocenters. The summed E-state index contributed by atoms with van der Waals surface area (Å²) in [4.78, 5) is 13.8. The van der Waals surface area contributed by atoms with E-state index in [1.807, 2.05) is 47.4 Å². The van der Waals surface area contributed by atoms with Crippen LogP contribution in [0.15, 0.2) is 48.6 Å². The number of carbonyl (C=O) groups is 1. The van der Waals surface area contributed by atoms with Crippen LogP contribution in [0.3, 0.4) is 0 Å². The van der Waals surface area contributed by atoms with Crippen molar-refractivity contribution in [1.29, 1.82) is 0 Å². The number of hydrogen-bond acceptors (Lipinski definition) is 3. The van der Waals surface area contributed by atoms with Crippen molar-refractivity contribution in [1.82, 2.24) is 4.90 Å². The highest BCUT2D eigenvalue weighted by Crippen LogP contribution is 2.32. The smallest absolute Gasteiger partial charge is 0.246 e. The Labute approximate surface area is 136 Å². The van der Waals surface area contributed by atoms with Crippen molar-refractivity contribution >= 4 is 12.0 Å². The number of benzene rings is 1. The van der Waals surface area contributed by atoms with Gasteiger partial charge in [-0.15, -0.1) is 0 Å². The van der Waals surface area contributed by atoms with Gasteiger partial charge >= 0.3 is 0 Å². The molecule has 2 aliphatic heterocycles. The Hall–Kier alpha value is -2.49. The minimum atomic E-state index is 0.106. The highest BCUT2D eigenvalue weighted by Gasteiger charge is 2.13. The summed E-state index contributed by atoms with van der Waals surface area (Å²) in [6, 6.07) is 5.83. The van der Waals surface area contributed by atoms with E-state index in [9.17, 15) is 4.79 Å². The minimum absolute atomic E-state index is 0.106. The summed E-state index contributed by atoms with van der Waals surface area (Å²) in [7, 11) is 0. The lowest BCUT2D eigenvalue weighted by Gasteiger charge is -2.25. The molecule has 23 heavy (non-hydrogen) atoms. The first-order valence-electron chi connectivity index (χ1n) is 8.03. The zero-order valence-corrected chi connectivity index (χ0v) is 13.1. The normalized spacial score (nSPS) is 17.7. The van der Waals surface area contributed by atoms with E-state index in [1.165, 1.54) is 6.42 Å². The summed E-state index contributed by atoms with van der Waals surface area (Å²) >= 11 is 0. The van der Waals surface area contributed by atoms with Gasteiger partial charge in [0.25, 0.3) is 0 Å². The molecular weight excluding hydrogens is 290 g/mol. The number of ether oxygens (including phenoxy) is 2. The third-order valence-electron chi connectivity index (χ3n) is 3.93. The van der Waals surface area contributed by atoms with Gasteiger partial charge in [-0.25, -0.2) is 0 Å². The van der Waals surface area contributed by atoms with Crippen LogP contribution in [-0.2, 0) is 4.79 Å². The monoisotopic (exact) mass is 311 g/mol. The van der Waals surface area contributed by atoms with Crippen molar-refractivity contribution in [2.75, 3.05) is 19.9 Å². The second kappa shape index (κ2) is 7.68. The molecule has 0 bridgehead atoms. The van der Waals surface area contributed by atoms with Crippen molar-refractivity contribution in [3.8, 4) is 11.5 Å². The first kappa shape index (κ1) is 15.4. The largest absolute Gasteiger partial charge is 0.454 e. The Bertz CT molecular complexity index is 640. The fraction of sp³-hybridized carbons (Fsp3) is 0.316. The van der Waals surface area contributed by atoms with Crippen LogP contribution < -0.4 is 9.47 Å². The van der Waals surface area contributed by atoms with Crippen LogP contribution >= 0.6 is 0 Å². The van der Waals surface area contributed by atoms with Crippen molar-refractivity contribution in [3.05, 3.63) is 54.1 Å². The highest BCUT2D eigenvalue weighted by atomic mass is 16.7. The molecule has 2 aliphatic rings. The van der Waals surface area contributed by atoms with Gasteiger partial charge < -0.3 is 14.4 Å². The number of likely N-dealkylation sites (tertiary alicyclic amines) is 1. The van der Waals surface area contributed by atoms with Gasteiger partial charge in [-0.05, 0) is 37.0 Å². The maximum Gasteiger partial charge on any atom is 0.246 e. The van der Waals surface area contributed by atoms with Crippen molar-refractivity contribution in [2.24, 2.45) is 0 Å². The molecule has 0 radical (unpaired) electrons. The van der Waals surface area contributed by atoms with Gasteiger partial charge in [0.1, 0.15) is 0 Å². The van der Waals surface area contributed by atoms with Crippen LogP contribution in [0.25, 0.3) is 6.08 Å². The average Bonchev–Trinajstić information content (AvgIpc) is 3.06. The minimum Gasteiger partial charge on any atom is -0.454 e. The lowest BCUT2D eigenvalue weighted by molar-refractivity contribution is -0.126. The van der Waals surface area contributed by atoms with Gasteiger partial charge in [0.05, 0.1) is 0 Å². The van der Waals surface area contributed by atoms with E-state index < -0.39 is 0 Å². The predicted molar refractivity (Wildman–Crippen MR) is 90.3 cm³/mol. The molecule has 0 aliphatic carbocycles. The van der Waals surface area contributed by atoms with Crippen LogP contribution in [0.4, 0.5) is 0 Å². The molecule has 1 fully saturated rings. The molecule has 3 rings (SSSR count). The molecule has 0 spiro atoms. The summed E-state index contributed by atoms with van der Waals surface area (Å²) in [5, 5.41) is 0. The first-order chi connectivity index (χ1) is 11.3. The summed E-state index contributed by atoms with van der Waals surface area (Å²) < 4.78 is 10.6. The average molecular weight is 311 g/mol. The number of rotatable bonds is 4. The summed E-state index contributed by atoms with van der Waals surface area (Å²) in [5.41, 5.74) is 1.05. The molecule has 0 N–H and O–H groups in total. The number of carbonyl (C=O) groups excluding carboxylic acids is 1. The van der Waals surface area contributed by atoms with E-state index in [-0.39, 0.29) is 12.7 Å². The standard InChI is InChI=1S/C19H21NO3/c21-19(20-12-6-3-7-13-20)9-5-2-1-4-8-16-10-11-17-18(14-16)23-15-22-17/h1-2,4-5,8-11,14H,3,6-7,12-13,15H2/b2-1-,8-4-,9-5-. The third-order valence-corrected chi connectivity index (χ3v) is 3.93. The molecule has 1 aromatic rings. The van der Waals surface area contributed by atoms with E-state index in [4.69, 9.17) is 9.47 Å². The zero-order valence-electron chi connectivity index (χ0n) is 13.1. The van der Waals surface area contributed by atoms with E-state index in [2.05, 4.69) is 0 Å². The number of piperidine rings is 1. The summed E-state index contributed by atoms with van der Waals surface area (Å²) in [5.74, 6) is 1.68. The topological polar surface area (TPSA) is 38.8 Å². The molecule has 2 heterocycles. The zero-order chi connectivity index (χ0) is 15.9. The van der Waals surface area contributed by atoms with Crippen LogP contribution in [0, 0.1) is 0 Å². The van der Waals surface area contributed by atoms with Gasteiger partial charge in [0, 0.05) is 19.2 Å².